The molecule has 0 aromatic heterocycles. The maximum Gasteiger partial charge on any atom is 0.319 e. The van der Waals surface area contributed by atoms with Crippen LogP contribution in [0.1, 0.15) is 5.56 Å². The van der Waals surface area contributed by atoms with Crippen molar-refractivity contribution in [2.75, 3.05) is 4.72 Å². The molecule has 6 nitrogen and oxygen atoms in total. The van der Waals surface area contributed by atoms with E-state index in [9.17, 15) is 18.5 Å². The summed E-state index contributed by atoms with van der Waals surface area (Å²) in [5.41, 5.74) is 0.145. The molecule has 0 amide bonds. The van der Waals surface area contributed by atoms with E-state index in [0.717, 1.165) is 0 Å². The molecule has 82 valence electrons. The SMILES string of the molecule is Cc1c(NS(=O)(=O)Cl)cccc1[N+](=O)[O-]. The summed E-state index contributed by atoms with van der Waals surface area (Å²) in [6.07, 6.45) is 0. The minimum absolute atomic E-state index is 0.0965. The third-order valence-corrected chi connectivity index (χ3v) is 2.43. The molecule has 8 heteroatoms. The van der Waals surface area contributed by atoms with Crippen molar-refractivity contribution in [3.63, 3.8) is 0 Å². The molecule has 15 heavy (non-hydrogen) atoms. The van der Waals surface area contributed by atoms with Crippen LogP contribution in [0, 0.1) is 17.0 Å². The summed E-state index contributed by atoms with van der Waals surface area (Å²) in [7, 11) is 1.02. The monoisotopic (exact) mass is 250 g/mol. The van der Waals surface area contributed by atoms with E-state index < -0.39 is 14.2 Å². The second kappa shape index (κ2) is 4.03. The van der Waals surface area contributed by atoms with Gasteiger partial charge in [-0.15, -0.1) is 0 Å². The molecule has 1 aromatic rings. The van der Waals surface area contributed by atoms with Crippen molar-refractivity contribution in [3.8, 4) is 0 Å². The summed E-state index contributed by atoms with van der Waals surface area (Å²) in [6.45, 7) is 1.43. The van der Waals surface area contributed by atoms with E-state index in [1.54, 1.807) is 0 Å². The largest absolute Gasteiger partial charge is 0.319 e. The maximum atomic E-state index is 10.7. The van der Waals surface area contributed by atoms with Crippen LogP contribution < -0.4 is 4.72 Å². The normalized spacial score (nSPS) is 11.1. The number of nitro groups is 1. The second-order valence-corrected chi connectivity index (χ2v) is 5.05. The first-order valence-corrected chi connectivity index (χ1v) is 6.08. The first-order chi connectivity index (χ1) is 6.81. The number of halogens is 1. The van der Waals surface area contributed by atoms with Gasteiger partial charge in [0.15, 0.2) is 0 Å². The van der Waals surface area contributed by atoms with Crippen molar-refractivity contribution in [1.82, 2.24) is 0 Å². The van der Waals surface area contributed by atoms with Crippen LogP contribution in [-0.4, -0.2) is 13.3 Å². The van der Waals surface area contributed by atoms with Crippen molar-refractivity contribution in [1.29, 1.82) is 0 Å². The van der Waals surface area contributed by atoms with Crippen LogP contribution in [0.4, 0.5) is 11.4 Å². The first-order valence-electron chi connectivity index (χ1n) is 3.77. The number of hydrogen-bond acceptors (Lipinski definition) is 4. The quantitative estimate of drug-likeness (QED) is 0.503. The Morgan fingerprint density at radius 2 is 2.07 bits per heavy atom. The zero-order valence-electron chi connectivity index (χ0n) is 7.60. The van der Waals surface area contributed by atoms with Gasteiger partial charge in [-0.05, 0) is 13.0 Å². The summed E-state index contributed by atoms with van der Waals surface area (Å²) in [5, 5.41) is 10.5. The average Bonchev–Trinajstić information content (AvgIpc) is 2.05. The Kier molecular flexibility index (Phi) is 3.15. The Morgan fingerprint density at radius 1 is 1.47 bits per heavy atom. The Morgan fingerprint density at radius 3 is 2.53 bits per heavy atom. The molecule has 0 saturated carbocycles. The molecule has 1 aromatic carbocycles. The summed E-state index contributed by atoms with van der Waals surface area (Å²) in [4.78, 5) is 9.94. The lowest BCUT2D eigenvalue weighted by atomic mass is 10.2. The van der Waals surface area contributed by atoms with Gasteiger partial charge in [-0.2, -0.15) is 8.42 Å². The second-order valence-electron chi connectivity index (χ2n) is 2.75. The summed E-state index contributed by atoms with van der Waals surface area (Å²) in [5.74, 6) is 0. The van der Waals surface area contributed by atoms with Crippen LogP contribution in [0.5, 0.6) is 0 Å². The van der Waals surface area contributed by atoms with Crippen molar-refractivity contribution < 1.29 is 13.3 Å². The van der Waals surface area contributed by atoms with Gasteiger partial charge in [-0.25, -0.2) is 0 Å². The van der Waals surface area contributed by atoms with E-state index in [2.05, 4.69) is 0 Å². The molecule has 0 aliphatic rings. The number of nitrogens with zero attached hydrogens (tertiary/aromatic N) is 1. The van der Waals surface area contributed by atoms with E-state index in [-0.39, 0.29) is 16.9 Å². The Labute approximate surface area is 90.6 Å². The average molecular weight is 251 g/mol. The molecule has 0 aliphatic heterocycles. The molecule has 1 rings (SSSR count). The van der Waals surface area contributed by atoms with E-state index in [4.69, 9.17) is 10.7 Å². The first kappa shape index (κ1) is 11.7. The Balaban J connectivity index is 3.22. The molecule has 1 N–H and O–H groups in total. The standard InChI is InChI=1S/C7H7ClN2O4S/c1-5-6(9-15(8,13)14)3-2-4-7(5)10(11)12/h2-4,9H,1H3. The van der Waals surface area contributed by atoms with Crippen molar-refractivity contribution in [3.05, 3.63) is 33.9 Å². The fraction of sp³-hybridized carbons (Fsp3) is 0.143. The van der Waals surface area contributed by atoms with Crippen LogP contribution in [0.25, 0.3) is 0 Å². The lowest BCUT2D eigenvalue weighted by molar-refractivity contribution is -0.385. The zero-order valence-corrected chi connectivity index (χ0v) is 9.17. The highest BCUT2D eigenvalue weighted by Crippen LogP contribution is 2.26. The Bertz CT molecular complexity index is 500. The number of nitro benzene ring substituents is 1. The van der Waals surface area contributed by atoms with Crippen LogP contribution in [0.2, 0.25) is 0 Å². The van der Waals surface area contributed by atoms with Crippen LogP contribution in [0.15, 0.2) is 18.2 Å². The third kappa shape index (κ3) is 3.07. The lowest BCUT2D eigenvalue weighted by Gasteiger charge is -2.05. The summed E-state index contributed by atoms with van der Waals surface area (Å²) >= 11 is 0. The topological polar surface area (TPSA) is 89.3 Å². The number of hydrogen-bond donors (Lipinski definition) is 1. The van der Waals surface area contributed by atoms with Crippen molar-refractivity contribution >= 4 is 31.3 Å². The van der Waals surface area contributed by atoms with Gasteiger partial charge in [0.2, 0.25) is 0 Å². The van der Waals surface area contributed by atoms with E-state index in [0.29, 0.717) is 0 Å². The molecular formula is C7H7ClN2O4S. The number of anilines is 1. The van der Waals surface area contributed by atoms with E-state index >= 15 is 0 Å². The molecule has 0 unspecified atom stereocenters. The minimum Gasteiger partial charge on any atom is -0.270 e. The van der Waals surface area contributed by atoms with Gasteiger partial charge in [0, 0.05) is 16.7 Å². The molecule has 0 aliphatic carbocycles. The predicted octanol–water partition coefficient (Wildman–Crippen LogP) is 1.80. The number of rotatable bonds is 3. The molecule has 0 radical (unpaired) electrons. The third-order valence-electron chi connectivity index (χ3n) is 1.73. The molecule has 0 atom stereocenters. The molecule has 0 spiro atoms. The number of nitrogens with one attached hydrogen (secondary N) is 1. The zero-order chi connectivity index (χ0) is 11.6. The smallest absolute Gasteiger partial charge is 0.270 e. The van der Waals surface area contributed by atoms with Crippen LogP contribution in [0.3, 0.4) is 0 Å². The molecular weight excluding hydrogens is 244 g/mol. The highest BCUT2D eigenvalue weighted by Gasteiger charge is 2.15. The van der Waals surface area contributed by atoms with Crippen LogP contribution in [-0.2, 0) is 9.24 Å². The van der Waals surface area contributed by atoms with Gasteiger partial charge in [-0.3, -0.25) is 14.8 Å². The van der Waals surface area contributed by atoms with Crippen molar-refractivity contribution in [2.24, 2.45) is 0 Å². The minimum atomic E-state index is -3.94. The highest BCUT2D eigenvalue weighted by atomic mass is 35.7. The fourth-order valence-electron chi connectivity index (χ4n) is 1.06. The van der Waals surface area contributed by atoms with Gasteiger partial charge in [0.25, 0.3) is 5.69 Å². The Hall–Kier alpha value is -1.34. The van der Waals surface area contributed by atoms with Gasteiger partial charge >= 0.3 is 9.24 Å². The van der Waals surface area contributed by atoms with Gasteiger partial charge in [0.05, 0.1) is 16.2 Å². The maximum absolute atomic E-state index is 10.7. The molecule has 0 fully saturated rings. The molecule has 0 heterocycles. The number of benzene rings is 1. The van der Waals surface area contributed by atoms with Gasteiger partial charge < -0.3 is 0 Å². The highest BCUT2D eigenvalue weighted by molar-refractivity contribution is 8.14. The summed E-state index contributed by atoms with van der Waals surface area (Å²) in [6, 6.07) is 4.04. The predicted molar refractivity (Wildman–Crippen MR) is 56.2 cm³/mol. The lowest BCUT2D eigenvalue weighted by Crippen LogP contribution is -2.06. The van der Waals surface area contributed by atoms with E-state index in [1.165, 1.54) is 25.1 Å². The van der Waals surface area contributed by atoms with Crippen LogP contribution >= 0.6 is 10.7 Å². The fourth-order valence-corrected chi connectivity index (χ4v) is 1.80. The van der Waals surface area contributed by atoms with Crippen molar-refractivity contribution in [2.45, 2.75) is 6.92 Å². The van der Waals surface area contributed by atoms with Gasteiger partial charge in [-0.1, -0.05) is 6.07 Å². The molecule has 0 bridgehead atoms. The van der Waals surface area contributed by atoms with E-state index in [1.807, 2.05) is 4.72 Å². The summed E-state index contributed by atoms with van der Waals surface area (Å²) < 4.78 is 23.4. The molecule has 0 saturated heterocycles. The van der Waals surface area contributed by atoms with Gasteiger partial charge in [0.1, 0.15) is 0 Å².